The highest BCUT2D eigenvalue weighted by molar-refractivity contribution is 5.97. The van der Waals surface area contributed by atoms with E-state index in [1.165, 1.54) is 11.8 Å². The lowest BCUT2D eigenvalue weighted by molar-refractivity contribution is -0.145. The van der Waals surface area contributed by atoms with Gasteiger partial charge in [0.15, 0.2) is 0 Å². The molecule has 2 amide bonds. The summed E-state index contributed by atoms with van der Waals surface area (Å²) < 4.78 is 5.55. The van der Waals surface area contributed by atoms with Gasteiger partial charge >= 0.3 is 5.97 Å². The van der Waals surface area contributed by atoms with Crippen LogP contribution < -0.4 is 4.74 Å². The summed E-state index contributed by atoms with van der Waals surface area (Å²) in [5.41, 5.74) is 0.529. The Bertz CT molecular complexity index is 661. The molecule has 0 aromatic heterocycles. The predicted molar refractivity (Wildman–Crippen MR) is 96.2 cm³/mol. The minimum absolute atomic E-state index is 0.0951. The second-order valence-corrected chi connectivity index (χ2v) is 6.35. The van der Waals surface area contributed by atoms with E-state index in [0.717, 1.165) is 6.42 Å². The van der Waals surface area contributed by atoms with Gasteiger partial charge in [-0.3, -0.25) is 14.4 Å². The lowest BCUT2D eigenvalue weighted by Crippen LogP contribution is -2.43. The van der Waals surface area contributed by atoms with E-state index in [2.05, 4.69) is 0 Å². The summed E-state index contributed by atoms with van der Waals surface area (Å²) in [6, 6.07) is 7.00. The van der Waals surface area contributed by atoms with Crippen molar-refractivity contribution in [1.29, 1.82) is 0 Å². The van der Waals surface area contributed by atoms with E-state index in [4.69, 9.17) is 9.84 Å². The monoisotopic (exact) mass is 362 g/mol. The highest BCUT2D eigenvalue weighted by atomic mass is 16.5. The fourth-order valence-corrected chi connectivity index (χ4v) is 3.33. The van der Waals surface area contributed by atoms with Gasteiger partial charge in [0.2, 0.25) is 5.91 Å². The van der Waals surface area contributed by atoms with Crippen molar-refractivity contribution in [3.8, 4) is 5.75 Å². The summed E-state index contributed by atoms with van der Waals surface area (Å²) in [4.78, 5) is 38.9. The molecule has 0 bridgehead atoms. The number of aliphatic carboxylic acids is 1. The summed E-state index contributed by atoms with van der Waals surface area (Å²) in [6.45, 7) is 4.49. The van der Waals surface area contributed by atoms with E-state index in [9.17, 15) is 14.4 Å². The van der Waals surface area contributed by atoms with Gasteiger partial charge in [0.25, 0.3) is 5.91 Å². The molecule has 142 valence electrons. The third-order valence-corrected chi connectivity index (χ3v) is 4.55. The lowest BCUT2D eigenvalue weighted by atomic mass is 10.1. The van der Waals surface area contributed by atoms with E-state index >= 15 is 0 Å². The number of benzene rings is 1. The van der Waals surface area contributed by atoms with Crippen molar-refractivity contribution in [3.05, 3.63) is 29.8 Å². The largest absolute Gasteiger partial charge is 0.493 e. The second kappa shape index (κ2) is 9.22. The van der Waals surface area contributed by atoms with Crippen LogP contribution in [0.25, 0.3) is 0 Å². The van der Waals surface area contributed by atoms with Crippen LogP contribution in [-0.4, -0.2) is 65.0 Å². The number of para-hydroxylation sites is 1. The number of rotatable bonds is 6. The molecule has 0 saturated carbocycles. The molecule has 1 N–H and O–H groups in total. The van der Waals surface area contributed by atoms with Crippen molar-refractivity contribution >= 4 is 17.8 Å². The van der Waals surface area contributed by atoms with Gasteiger partial charge in [0, 0.05) is 26.1 Å². The maximum absolute atomic E-state index is 12.9. The van der Waals surface area contributed by atoms with Gasteiger partial charge in [0.05, 0.1) is 12.2 Å². The number of carbonyl (C=O) groups excluding carboxylic acids is 2. The predicted octanol–water partition coefficient (Wildman–Crippen LogP) is 2.01. The van der Waals surface area contributed by atoms with Gasteiger partial charge in [-0.25, -0.2) is 0 Å². The molecule has 7 nitrogen and oxygen atoms in total. The molecule has 0 aliphatic carbocycles. The number of nitrogens with zero attached hydrogens (tertiary/aromatic N) is 2. The minimum atomic E-state index is -1.02. The molecule has 1 saturated heterocycles. The Morgan fingerprint density at radius 1 is 1.23 bits per heavy atom. The van der Waals surface area contributed by atoms with E-state index in [1.54, 1.807) is 23.1 Å². The zero-order valence-corrected chi connectivity index (χ0v) is 15.3. The smallest absolute Gasteiger partial charge is 0.323 e. The summed E-state index contributed by atoms with van der Waals surface area (Å²) in [7, 11) is 0. The lowest BCUT2D eigenvalue weighted by Gasteiger charge is -2.29. The molecule has 1 aromatic carbocycles. The van der Waals surface area contributed by atoms with Crippen LogP contribution in [0.4, 0.5) is 0 Å². The van der Waals surface area contributed by atoms with E-state index in [0.29, 0.717) is 43.9 Å². The maximum Gasteiger partial charge on any atom is 0.323 e. The fourth-order valence-electron chi connectivity index (χ4n) is 3.33. The van der Waals surface area contributed by atoms with Crippen LogP contribution in [0.3, 0.4) is 0 Å². The number of carbonyl (C=O) groups is 3. The molecule has 0 radical (unpaired) electrons. The Labute approximate surface area is 153 Å². The molecule has 26 heavy (non-hydrogen) atoms. The van der Waals surface area contributed by atoms with Crippen LogP contribution in [-0.2, 0) is 9.59 Å². The first kappa shape index (κ1) is 19.8. The molecule has 1 heterocycles. The molecule has 2 rings (SSSR count). The van der Waals surface area contributed by atoms with Crippen LogP contribution in [0.5, 0.6) is 5.75 Å². The molecule has 1 fully saturated rings. The van der Waals surface area contributed by atoms with Crippen molar-refractivity contribution in [2.45, 2.75) is 39.2 Å². The molecule has 1 aliphatic rings. The number of hydrogen-bond acceptors (Lipinski definition) is 4. The molecule has 1 aromatic rings. The Morgan fingerprint density at radius 3 is 2.62 bits per heavy atom. The summed E-state index contributed by atoms with van der Waals surface area (Å²) >= 11 is 0. The van der Waals surface area contributed by atoms with Gasteiger partial charge in [-0.2, -0.15) is 0 Å². The standard InChI is InChI=1S/C19H26N2O5/c1-3-26-17-9-5-4-8-16(17)19(25)20-11-6-7-15(10-12-20)21(14(2)22)13-18(23)24/h4-5,8-9,15H,3,6-7,10-13H2,1-2H3,(H,23,24). The Hall–Kier alpha value is -2.57. The zero-order chi connectivity index (χ0) is 19.1. The Balaban J connectivity index is 2.09. The third kappa shape index (κ3) is 4.97. The van der Waals surface area contributed by atoms with E-state index in [-0.39, 0.29) is 24.4 Å². The number of carboxylic acids is 1. The average Bonchev–Trinajstić information content (AvgIpc) is 2.85. The highest BCUT2D eigenvalue weighted by Crippen LogP contribution is 2.23. The number of amides is 2. The first-order chi connectivity index (χ1) is 12.4. The number of carboxylic acid groups (broad SMARTS) is 1. The summed E-state index contributed by atoms with van der Waals surface area (Å²) in [5, 5.41) is 9.03. The molecule has 7 heteroatoms. The van der Waals surface area contributed by atoms with E-state index in [1.807, 2.05) is 13.0 Å². The topological polar surface area (TPSA) is 87.2 Å². The van der Waals surface area contributed by atoms with Crippen molar-refractivity contribution in [2.75, 3.05) is 26.2 Å². The van der Waals surface area contributed by atoms with E-state index < -0.39 is 5.97 Å². The van der Waals surface area contributed by atoms with Crippen LogP contribution in [0.1, 0.15) is 43.5 Å². The van der Waals surface area contributed by atoms with Crippen molar-refractivity contribution in [1.82, 2.24) is 9.80 Å². The Kier molecular flexibility index (Phi) is 7.00. The van der Waals surface area contributed by atoms with Crippen LogP contribution in [0, 0.1) is 0 Å². The second-order valence-electron chi connectivity index (χ2n) is 6.35. The molecule has 1 atom stereocenters. The molecule has 1 aliphatic heterocycles. The maximum atomic E-state index is 12.9. The normalized spacial score (nSPS) is 17.3. The van der Waals surface area contributed by atoms with Gasteiger partial charge in [0.1, 0.15) is 12.3 Å². The molecule has 1 unspecified atom stereocenters. The first-order valence-electron chi connectivity index (χ1n) is 8.94. The van der Waals surface area contributed by atoms with Crippen molar-refractivity contribution in [3.63, 3.8) is 0 Å². The van der Waals surface area contributed by atoms with Gasteiger partial charge in [-0.05, 0) is 38.3 Å². The third-order valence-electron chi connectivity index (χ3n) is 4.55. The van der Waals surface area contributed by atoms with Crippen molar-refractivity contribution in [2.24, 2.45) is 0 Å². The number of likely N-dealkylation sites (tertiary alicyclic amines) is 1. The van der Waals surface area contributed by atoms with Gasteiger partial charge < -0.3 is 19.6 Å². The quantitative estimate of drug-likeness (QED) is 0.836. The summed E-state index contributed by atoms with van der Waals surface area (Å²) in [5.74, 6) is -0.804. The minimum Gasteiger partial charge on any atom is -0.493 e. The summed E-state index contributed by atoms with van der Waals surface area (Å²) in [6.07, 6.45) is 1.97. The van der Waals surface area contributed by atoms with Crippen LogP contribution in [0.2, 0.25) is 0 Å². The fraction of sp³-hybridized carbons (Fsp3) is 0.526. The molecular formula is C19H26N2O5. The first-order valence-corrected chi connectivity index (χ1v) is 8.94. The SMILES string of the molecule is CCOc1ccccc1C(=O)N1CCCC(N(CC(=O)O)C(C)=O)CC1. The van der Waals surface area contributed by atoms with Crippen molar-refractivity contribution < 1.29 is 24.2 Å². The molecule has 0 spiro atoms. The molecular weight excluding hydrogens is 336 g/mol. The average molecular weight is 362 g/mol. The highest BCUT2D eigenvalue weighted by Gasteiger charge is 2.28. The Morgan fingerprint density at radius 2 is 1.96 bits per heavy atom. The number of hydrogen-bond donors (Lipinski definition) is 1. The van der Waals surface area contributed by atoms with Gasteiger partial charge in [-0.1, -0.05) is 12.1 Å². The zero-order valence-electron chi connectivity index (χ0n) is 15.3. The number of ether oxygens (including phenoxy) is 1. The van der Waals surface area contributed by atoms with Gasteiger partial charge in [-0.15, -0.1) is 0 Å². The van der Waals surface area contributed by atoms with Crippen LogP contribution in [0.15, 0.2) is 24.3 Å². The van der Waals surface area contributed by atoms with Crippen LogP contribution >= 0.6 is 0 Å².